The molecule has 0 radical (unpaired) electrons. The minimum absolute atomic E-state index is 0.198. The van der Waals surface area contributed by atoms with Gasteiger partial charge in [0.1, 0.15) is 73.2 Å². The zero-order chi connectivity index (χ0) is 64.0. The Balaban J connectivity index is 1.40. The maximum Gasteiger partial charge on any atom is 0.220 e. The second-order valence-electron chi connectivity index (χ2n) is 22.1. The number of amides is 1. The van der Waals surface area contributed by atoms with Crippen molar-refractivity contribution in [2.45, 2.75) is 253 Å². The van der Waals surface area contributed by atoms with E-state index in [0.29, 0.717) is 12.8 Å². The van der Waals surface area contributed by atoms with Crippen molar-refractivity contribution in [3.63, 3.8) is 0 Å². The van der Waals surface area contributed by atoms with E-state index < -0.39 is 131 Å². The number of hydrogen-bond acceptors (Lipinski definition) is 18. The lowest BCUT2D eigenvalue weighted by Gasteiger charge is -2.48. The second-order valence-corrected chi connectivity index (χ2v) is 22.1. The molecule has 3 fully saturated rings. The number of allylic oxidation sites excluding steroid dienone is 23. The molecular weight excluding hydrogens is 1130 g/mol. The lowest BCUT2D eigenvalue weighted by atomic mass is 9.96. The van der Waals surface area contributed by atoms with Crippen molar-refractivity contribution < 1.29 is 89.4 Å². The fourth-order valence-electron chi connectivity index (χ4n) is 9.69. The minimum Gasteiger partial charge on any atom is -0.394 e. The van der Waals surface area contributed by atoms with Gasteiger partial charge in [-0.15, -0.1) is 0 Å². The number of carbonyl (C=O) groups excluding carboxylic acids is 1. The van der Waals surface area contributed by atoms with Crippen LogP contribution in [0.4, 0.5) is 0 Å². The summed E-state index contributed by atoms with van der Waals surface area (Å²) in [6.07, 6.45) is 42.9. The zero-order valence-electron chi connectivity index (χ0n) is 52.1. The summed E-state index contributed by atoms with van der Waals surface area (Å²) in [7, 11) is 0. The molecule has 0 aliphatic carbocycles. The van der Waals surface area contributed by atoms with Gasteiger partial charge in [0.05, 0.1) is 38.6 Å². The molecule has 0 spiro atoms. The van der Waals surface area contributed by atoms with Crippen molar-refractivity contribution >= 4 is 5.91 Å². The van der Waals surface area contributed by atoms with E-state index in [1.165, 1.54) is 0 Å². The van der Waals surface area contributed by atoms with Crippen LogP contribution in [-0.4, -0.2) is 193 Å². The fraction of sp³-hybridized carbons (Fsp3) is 0.638. The maximum atomic E-state index is 13.3. The highest BCUT2D eigenvalue weighted by Crippen LogP contribution is 2.33. The summed E-state index contributed by atoms with van der Waals surface area (Å²) in [4.78, 5) is 13.3. The van der Waals surface area contributed by atoms with Gasteiger partial charge in [0.2, 0.25) is 5.91 Å². The van der Waals surface area contributed by atoms with E-state index in [2.05, 4.69) is 153 Å². The highest BCUT2D eigenvalue weighted by Gasteiger charge is 2.53. The number of aliphatic hydroxyl groups excluding tert-OH is 11. The smallest absolute Gasteiger partial charge is 0.220 e. The third kappa shape index (κ3) is 31.6. The van der Waals surface area contributed by atoms with Gasteiger partial charge in [-0.25, -0.2) is 0 Å². The average Bonchev–Trinajstić information content (AvgIpc) is 1.83. The van der Waals surface area contributed by atoms with Crippen LogP contribution in [-0.2, 0) is 33.2 Å². The first-order chi connectivity index (χ1) is 42.8. The zero-order valence-corrected chi connectivity index (χ0v) is 52.1. The van der Waals surface area contributed by atoms with Crippen LogP contribution >= 0.6 is 0 Å². The van der Waals surface area contributed by atoms with Crippen molar-refractivity contribution in [1.82, 2.24) is 5.32 Å². The summed E-state index contributed by atoms with van der Waals surface area (Å²) >= 11 is 0. The third-order valence-corrected chi connectivity index (χ3v) is 14.9. The Morgan fingerprint density at radius 3 is 1.23 bits per heavy atom. The van der Waals surface area contributed by atoms with Crippen molar-refractivity contribution in [3.05, 3.63) is 146 Å². The number of aliphatic hydroxyl groups is 11. The first kappa shape index (κ1) is 77.9. The first-order valence-corrected chi connectivity index (χ1v) is 32.1. The van der Waals surface area contributed by atoms with Gasteiger partial charge in [-0.2, -0.15) is 0 Å². The molecule has 0 aromatic rings. The van der Waals surface area contributed by atoms with Crippen molar-refractivity contribution in [1.29, 1.82) is 0 Å². The Kier molecular flexibility index (Phi) is 43.7. The molecule has 88 heavy (non-hydrogen) atoms. The van der Waals surface area contributed by atoms with Crippen molar-refractivity contribution in [2.75, 3.05) is 26.4 Å². The van der Waals surface area contributed by atoms with Gasteiger partial charge >= 0.3 is 0 Å². The molecule has 3 aliphatic rings. The molecule has 0 bridgehead atoms. The first-order valence-electron chi connectivity index (χ1n) is 32.1. The monoisotopic (exact) mass is 1240 g/mol. The highest BCUT2D eigenvalue weighted by molar-refractivity contribution is 5.76. The fourth-order valence-corrected chi connectivity index (χ4v) is 9.69. The largest absolute Gasteiger partial charge is 0.394 e. The summed E-state index contributed by atoms with van der Waals surface area (Å²) in [5.41, 5.74) is 0. The van der Waals surface area contributed by atoms with E-state index in [9.17, 15) is 61.0 Å². The molecular formula is C69H109NO18. The lowest BCUT2D eigenvalue weighted by Crippen LogP contribution is -2.66. The van der Waals surface area contributed by atoms with Gasteiger partial charge in [0, 0.05) is 6.42 Å². The molecule has 3 heterocycles. The van der Waals surface area contributed by atoms with Crippen LogP contribution in [0, 0.1) is 0 Å². The highest BCUT2D eigenvalue weighted by atomic mass is 16.8. The summed E-state index contributed by atoms with van der Waals surface area (Å²) in [5.74, 6) is -0.320. The van der Waals surface area contributed by atoms with Crippen LogP contribution in [0.5, 0.6) is 0 Å². The summed E-state index contributed by atoms with van der Waals surface area (Å²) in [5, 5.41) is 120. The molecule has 498 valence electrons. The predicted octanol–water partition coefficient (Wildman–Crippen LogP) is 7.20. The summed E-state index contributed by atoms with van der Waals surface area (Å²) < 4.78 is 34.2. The Hall–Kier alpha value is -4.33. The van der Waals surface area contributed by atoms with Gasteiger partial charge in [-0.1, -0.05) is 179 Å². The Morgan fingerprint density at radius 2 is 0.761 bits per heavy atom. The number of unbranched alkanes of at least 4 members (excludes halogenated alkanes) is 7. The summed E-state index contributed by atoms with van der Waals surface area (Å²) in [6, 6.07) is -1.02. The van der Waals surface area contributed by atoms with Crippen LogP contribution in [0.15, 0.2) is 146 Å². The number of ether oxygens (including phenoxy) is 6. The second kappa shape index (κ2) is 49.4. The Morgan fingerprint density at radius 1 is 0.409 bits per heavy atom. The van der Waals surface area contributed by atoms with E-state index >= 15 is 0 Å². The number of rotatable bonds is 45. The molecule has 12 N–H and O–H groups in total. The molecule has 1 amide bonds. The molecule has 0 aromatic heterocycles. The van der Waals surface area contributed by atoms with Gasteiger partial charge in [0.15, 0.2) is 18.9 Å². The SMILES string of the molecule is CC/C=C\C/C=C\C/C=C\C/C=C\C/C=C\C/C=C\C/C=C\C/C=C\C/C=C\CCCCCCCC(=O)NC(COC1OC(CO)C(OC2OC(CO)C(OC3OC(CO)C(O)C(O)C3O)C(O)C2O)C(O)C1O)C(O)/C=C/CC/C=C/CC/C=C/CC. The van der Waals surface area contributed by atoms with E-state index in [0.717, 1.165) is 116 Å². The van der Waals surface area contributed by atoms with Crippen LogP contribution in [0.3, 0.4) is 0 Å². The molecule has 0 saturated carbocycles. The molecule has 19 nitrogen and oxygen atoms in total. The molecule has 17 atom stereocenters. The van der Waals surface area contributed by atoms with Gasteiger partial charge in [-0.05, 0) is 109 Å². The average molecular weight is 1240 g/mol. The molecule has 19 heteroatoms. The quantitative estimate of drug-likeness (QED) is 0.0212. The molecule has 3 rings (SSSR count). The lowest BCUT2D eigenvalue weighted by molar-refractivity contribution is -0.379. The summed E-state index contributed by atoms with van der Waals surface area (Å²) in [6.45, 7) is 1.39. The number of nitrogens with one attached hydrogen (secondary N) is 1. The normalized spacial score (nSPS) is 29.4. The molecule has 17 unspecified atom stereocenters. The van der Waals surface area contributed by atoms with Crippen LogP contribution in [0.25, 0.3) is 0 Å². The molecule has 3 aliphatic heterocycles. The van der Waals surface area contributed by atoms with Crippen LogP contribution in [0.1, 0.15) is 149 Å². The topological polar surface area (TPSA) is 307 Å². The molecule has 3 saturated heterocycles. The Bertz CT molecular complexity index is 2170. The third-order valence-electron chi connectivity index (χ3n) is 14.9. The van der Waals surface area contributed by atoms with E-state index in [1.54, 1.807) is 12.2 Å². The van der Waals surface area contributed by atoms with E-state index in [-0.39, 0.29) is 12.3 Å². The van der Waals surface area contributed by atoms with E-state index in [1.807, 2.05) is 0 Å². The van der Waals surface area contributed by atoms with Gasteiger partial charge in [-0.3, -0.25) is 4.79 Å². The minimum atomic E-state index is -1.99. The van der Waals surface area contributed by atoms with Crippen molar-refractivity contribution in [3.8, 4) is 0 Å². The van der Waals surface area contributed by atoms with Crippen molar-refractivity contribution in [2.24, 2.45) is 0 Å². The predicted molar refractivity (Wildman–Crippen MR) is 341 cm³/mol. The van der Waals surface area contributed by atoms with Crippen LogP contribution < -0.4 is 5.32 Å². The van der Waals surface area contributed by atoms with Gasteiger partial charge in [0.25, 0.3) is 0 Å². The number of carbonyl (C=O) groups is 1. The standard InChI is InChI=1S/C69H109NO18/c1-3-5-7-9-11-13-15-16-17-18-19-20-21-22-23-24-25-26-27-28-29-30-31-32-33-34-35-36-37-39-41-43-45-47-57(75)70-52(53(74)46-44-42-40-38-14-12-10-8-6-4-2)51-83-67-63(81)60(78)65(55(49-72)85-67)88-69-64(82)61(79)66(56(50-73)86-69)87-68-62(80)59(77)58(76)54(48-71)84-68/h5-8,11,13-14,16-17,19-20,22-23,25-26,28-29,31-32,34-35,38,44,46,52-56,58-69,71-74,76-82H,3-4,9-10,12,15,18,21,24,27,30,33,36-37,39-43,45,47-51H2,1-2H3,(H,70,75)/b7-5-,8-6+,13-11-,17-16-,20-19-,23-22-,26-25-,29-28-,32-31-,35-34-,38-14+,46-44+. The Labute approximate surface area is 523 Å². The van der Waals surface area contributed by atoms with Crippen LogP contribution in [0.2, 0.25) is 0 Å². The van der Waals surface area contributed by atoms with E-state index in [4.69, 9.17) is 28.4 Å². The maximum absolute atomic E-state index is 13.3. The van der Waals surface area contributed by atoms with Gasteiger partial charge < -0.3 is 89.9 Å². The number of hydrogen-bond donors (Lipinski definition) is 12. The molecule has 0 aromatic carbocycles.